The molecule has 1 fully saturated rings. The standard InChI is InChI=1S/C25H26F2N4O3/c1-14(8-9-32-3)10-20-28-19-7-6-18(29-23(19)34-20)22-21(16-5-4-15(26)11-17(16)27)30-24(31-22)25(2)12-33-13-25/h4-7,11,14H,8-10,12-13H2,1-3H3,(H,30,31)/t14-/m0/s1. The quantitative estimate of drug-likeness (QED) is 0.389. The molecule has 1 atom stereocenters. The van der Waals surface area contributed by atoms with Crippen molar-refractivity contribution < 1.29 is 22.7 Å². The van der Waals surface area contributed by atoms with Crippen LogP contribution in [0, 0.1) is 17.6 Å². The van der Waals surface area contributed by atoms with Gasteiger partial charge in [-0.15, -0.1) is 0 Å². The number of methoxy groups -OCH3 is 1. The Balaban J connectivity index is 1.54. The minimum atomic E-state index is -0.692. The molecule has 1 saturated heterocycles. The zero-order chi connectivity index (χ0) is 23.9. The van der Waals surface area contributed by atoms with E-state index >= 15 is 0 Å². The normalized spacial score (nSPS) is 16.0. The lowest BCUT2D eigenvalue weighted by molar-refractivity contribution is -0.0539. The summed E-state index contributed by atoms with van der Waals surface area (Å²) in [7, 11) is 1.68. The summed E-state index contributed by atoms with van der Waals surface area (Å²) >= 11 is 0. The van der Waals surface area contributed by atoms with Gasteiger partial charge in [-0.25, -0.2) is 23.7 Å². The number of nitrogens with zero attached hydrogens (tertiary/aromatic N) is 3. The predicted octanol–water partition coefficient (Wildman–Crippen LogP) is 5.06. The number of H-pyrrole nitrogens is 1. The fraction of sp³-hybridized carbons (Fsp3) is 0.400. The van der Waals surface area contributed by atoms with Crippen LogP contribution in [0.1, 0.15) is 32.0 Å². The fourth-order valence-electron chi connectivity index (χ4n) is 4.07. The second kappa shape index (κ2) is 8.88. The average Bonchev–Trinajstić information content (AvgIpc) is 3.39. The number of hydrogen-bond donors (Lipinski definition) is 1. The minimum absolute atomic E-state index is 0.190. The molecule has 3 aromatic heterocycles. The van der Waals surface area contributed by atoms with Crippen molar-refractivity contribution in [3.8, 4) is 22.6 Å². The molecule has 0 radical (unpaired) electrons. The lowest BCUT2D eigenvalue weighted by atomic mass is 9.88. The van der Waals surface area contributed by atoms with Crippen molar-refractivity contribution >= 4 is 11.2 Å². The van der Waals surface area contributed by atoms with Crippen LogP contribution in [0.3, 0.4) is 0 Å². The molecular weight excluding hydrogens is 442 g/mol. The Kier molecular flexibility index (Phi) is 5.91. The van der Waals surface area contributed by atoms with Gasteiger partial charge < -0.3 is 18.9 Å². The van der Waals surface area contributed by atoms with Crippen LogP contribution in [0.25, 0.3) is 33.9 Å². The van der Waals surface area contributed by atoms with Crippen molar-refractivity contribution in [1.29, 1.82) is 0 Å². The highest BCUT2D eigenvalue weighted by atomic mass is 19.1. The highest BCUT2D eigenvalue weighted by Gasteiger charge is 2.39. The number of rotatable bonds is 8. The van der Waals surface area contributed by atoms with Crippen LogP contribution in [-0.4, -0.2) is 46.9 Å². The first-order valence-electron chi connectivity index (χ1n) is 11.3. The number of halogens is 2. The van der Waals surface area contributed by atoms with E-state index in [-0.39, 0.29) is 11.0 Å². The summed E-state index contributed by atoms with van der Waals surface area (Å²) in [6.07, 6.45) is 1.58. The maximum Gasteiger partial charge on any atom is 0.247 e. The van der Waals surface area contributed by atoms with Crippen molar-refractivity contribution in [3.63, 3.8) is 0 Å². The largest absolute Gasteiger partial charge is 0.422 e. The van der Waals surface area contributed by atoms with E-state index < -0.39 is 11.6 Å². The van der Waals surface area contributed by atoms with E-state index in [0.717, 1.165) is 12.5 Å². The van der Waals surface area contributed by atoms with Crippen molar-refractivity contribution in [1.82, 2.24) is 19.9 Å². The molecule has 0 bridgehead atoms. The lowest BCUT2D eigenvalue weighted by Crippen LogP contribution is -2.44. The summed E-state index contributed by atoms with van der Waals surface area (Å²) in [4.78, 5) is 17.2. The topological polar surface area (TPSA) is 86.1 Å². The second-order valence-corrected chi connectivity index (χ2v) is 9.21. The highest BCUT2D eigenvalue weighted by Crippen LogP contribution is 2.37. The van der Waals surface area contributed by atoms with Gasteiger partial charge in [0.25, 0.3) is 0 Å². The number of pyridine rings is 1. The Hall–Kier alpha value is -3.17. The molecule has 1 aromatic carbocycles. The van der Waals surface area contributed by atoms with Crippen molar-refractivity contribution in [2.24, 2.45) is 5.92 Å². The third-order valence-corrected chi connectivity index (χ3v) is 6.20. The molecule has 34 heavy (non-hydrogen) atoms. The van der Waals surface area contributed by atoms with Gasteiger partial charge in [-0.3, -0.25) is 0 Å². The molecule has 0 spiro atoms. The van der Waals surface area contributed by atoms with Crippen molar-refractivity contribution in [3.05, 3.63) is 53.7 Å². The van der Waals surface area contributed by atoms with Crippen LogP contribution < -0.4 is 0 Å². The predicted molar refractivity (Wildman–Crippen MR) is 122 cm³/mol. The molecule has 0 unspecified atom stereocenters. The molecule has 1 aliphatic rings. The molecule has 9 heteroatoms. The van der Waals surface area contributed by atoms with Crippen LogP contribution in [0.2, 0.25) is 0 Å². The molecule has 4 heterocycles. The first-order chi connectivity index (χ1) is 16.4. The Morgan fingerprint density at radius 1 is 1.15 bits per heavy atom. The maximum absolute atomic E-state index is 14.7. The molecule has 0 amide bonds. The van der Waals surface area contributed by atoms with Crippen LogP contribution in [0.5, 0.6) is 0 Å². The summed E-state index contributed by atoms with van der Waals surface area (Å²) in [5.74, 6) is 0.284. The zero-order valence-electron chi connectivity index (χ0n) is 19.3. The number of hydrogen-bond acceptors (Lipinski definition) is 6. The van der Waals surface area contributed by atoms with Crippen LogP contribution >= 0.6 is 0 Å². The van der Waals surface area contributed by atoms with Gasteiger partial charge in [0.1, 0.15) is 28.7 Å². The van der Waals surface area contributed by atoms with Gasteiger partial charge in [0.05, 0.1) is 30.0 Å². The Morgan fingerprint density at radius 2 is 1.97 bits per heavy atom. The summed E-state index contributed by atoms with van der Waals surface area (Å²) in [6, 6.07) is 7.08. The number of benzene rings is 1. The number of fused-ring (bicyclic) bond motifs is 1. The average molecular weight is 469 g/mol. The zero-order valence-corrected chi connectivity index (χ0v) is 19.3. The van der Waals surface area contributed by atoms with Crippen molar-refractivity contribution in [2.75, 3.05) is 26.9 Å². The first kappa shape index (κ1) is 22.6. The smallest absolute Gasteiger partial charge is 0.247 e. The van der Waals surface area contributed by atoms with Crippen molar-refractivity contribution in [2.45, 2.75) is 32.1 Å². The molecule has 1 aliphatic heterocycles. The third kappa shape index (κ3) is 4.21. The Labute approximate surface area is 195 Å². The molecule has 178 valence electrons. The van der Waals surface area contributed by atoms with Crippen LogP contribution in [0.4, 0.5) is 8.78 Å². The SMILES string of the molecule is COCC[C@H](C)Cc1nc2ccc(-c3[nH]c(C4(C)COC4)nc3-c3ccc(F)cc3F)nc2o1. The van der Waals surface area contributed by atoms with Gasteiger partial charge in [0.2, 0.25) is 5.71 Å². The first-order valence-corrected chi connectivity index (χ1v) is 11.3. The molecule has 0 saturated carbocycles. The summed E-state index contributed by atoms with van der Waals surface area (Å²) in [5, 5.41) is 0. The van der Waals surface area contributed by atoms with E-state index in [1.54, 1.807) is 13.2 Å². The van der Waals surface area contributed by atoms with E-state index in [9.17, 15) is 8.78 Å². The molecular formula is C25H26F2N4O3. The molecule has 5 rings (SSSR count). The molecule has 7 nitrogen and oxygen atoms in total. The van der Waals surface area contributed by atoms with Crippen LogP contribution in [-0.2, 0) is 21.3 Å². The number of aromatic amines is 1. The Morgan fingerprint density at radius 3 is 2.68 bits per heavy atom. The third-order valence-electron chi connectivity index (χ3n) is 6.20. The molecule has 0 aliphatic carbocycles. The number of oxazole rings is 1. The van der Waals surface area contributed by atoms with Gasteiger partial charge in [0, 0.05) is 31.8 Å². The maximum atomic E-state index is 14.7. The van der Waals surface area contributed by atoms with Crippen LogP contribution in [0.15, 0.2) is 34.7 Å². The highest BCUT2D eigenvalue weighted by molar-refractivity contribution is 5.80. The minimum Gasteiger partial charge on any atom is -0.422 e. The molecule has 4 aromatic rings. The van der Waals surface area contributed by atoms with E-state index in [0.29, 0.717) is 72.2 Å². The molecule has 1 N–H and O–H groups in total. The van der Waals surface area contributed by atoms with E-state index in [4.69, 9.17) is 18.9 Å². The second-order valence-electron chi connectivity index (χ2n) is 9.21. The summed E-state index contributed by atoms with van der Waals surface area (Å²) < 4.78 is 44.7. The number of imidazole rings is 1. The van der Waals surface area contributed by atoms with Gasteiger partial charge in [-0.1, -0.05) is 6.92 Å². The monoisotopic (exact) mass is 468 g/mol. The fourth-order valence-corrected chi connectivity index (χ4v) is 4.07. The number of aromatic nitrogens is 4. The summed E-state index contributed by atoms with van der Waals surface area (Å²) in [5.41, 5.74) is 2.34. The Bertz CT molecular complexity index is 1330. The van der Waals surface area contributed by atoms with E-state index in [1.165, 1.54) is 12.1 Å². The summed E-state index contributed by atoms with van der Waals surface area (Å²) in [6.45, 7) is 5.83. The number of ether oxygens (including phenoxy) is 2. The van der Waals surface area contributed by atoms with Gasteiger partial charge in [-0.2, -0.15) is 0 Å². The van der Waals surface area contributed by atoms with Gasteiger partial charge in [0.15, 0.2) is 5.89 Å². The van der Waals surface area contributed by atoms with Gasteiger partial charge in [-0.05, 0) is 43.5 Å². The van der Waals surface area contributed by atoms with Gasteiger partial charge >= 0.3 is 0 Å². The number of nitrogens with one attached hydrogen (secondary N) is 1. The van der Waals surface area contributed by atoms with E-state index in [2.05, 4.69) is 21.9 Å². The lowest BCUT2D eigenvalue weighted by Gasteiger charge is -2.36. The van der Waals surface area contributed by atoms with E-state index in [1.807, 2.05) is 13.0 Å².